The minimum atomic E-state index is -0.101. The van der Waals surface area contributed by atoms with Gasteiger partial charge in [0, 0.05) is 18.2 Å². The molecule has 1 aliphatic carbocycles. The van der Waals surface area contributed by atoms with Crippen molar-refractivity contribution in [3.8, 4) is 0 Å². The van der Waals surface area contributed by atoms with Gasteiger partial charge in [-0.1, -0.05) is 20.8 Å². The Kier molecular flexibility index (Phi) is 5.72. The molecule has 21 heavy (non-hydrogen) atoms. The predicted molar refractivity (Wildman–Crippen MR) is 84.5 cm³/mol. The highest BCUT2D eigenvalue weighted by Gasteiger charge is 2.48. The first-order valence-electron chi connectivity index (χ1n) is 8.22. The number of carbonyl (C=O) groups excluding carboxylic acids is 1. The van der Waals surface area contributed by atoms with Crippen molar-refractivity contribution in [1.82, 2.24) is 0 Å². The molecule has 3 nitrogen and oxygen atoms in total. The van der Waals surface area contributed by atoms with Crippen molar-refractivity contribution in [2.45, 2.75) is 65.6 Å². The normalized spacial score (nSPS) is 32.4. The minimum absolute atomic E-state index is 0.0114. The molecule has 1 heterocycles. The van der Waals surface area contributed by atoms with Crippen molar-refractivity contribution in [3.05, 3.63) is 0 Å². The Labute approximate surface area is 133 Å². The summed E-state index contributed by atoms with van der Waals surface area (Å²) in [5.74, 6) is 1.18. The van der Waals surface area contributed by atoms with Gasteiger partial charge in [-0.3, -0.25) is 4.79 Å². The molecule has 2 unspecified atom stereocenters. The molecule has 0 aromatic heterocycles. The molecule has 2 fully saturated rings. The van der Waals surface area contributed by atoms with Gasteiger partial charge in [-0.25, -0.2) is 0 Å². The molecule has 2 atom stereocenters. The fourth-order valence-electron chi connectivity index (χ4n) is 3.62. The Bertz CT molecular complexity index is 363. The van der Waals surface area contributed by atoms with Gasteiger partial charge in [0.25, 0.3) is 0 Å². The lowest BCUT2D eigenvalue weighted by molar-refractivity contribution is -0.187. The Balaban J connectivity index is 2.07. The maximum atomic E-state index is 12.3. The molecule has 122 valence electrons. The zero-order chi connectivity index (χ0) is 15.5. The first kappa shape index (κ1) is 17.2. The second-order valence-electron chi connectivity index (χ2n) is 7.44. The molecular formula is C17H29ClO3. The molecule has 0 aromatic rings. The third-order valence-electron chi connectivity index (χ3n) is 5.64. The van der Waals surface area contributed by atoms with E-state index in [2.05, 4.69) is 13.8 Å². The van der Waals surface area contributed by atoms with Crippen molar-refractivity contribution in [1.29, 1.82) is 0 Å². The Morgan fingerprint density at radius 1 is 1.33 bits per heavy atom. The van der Waals surface area contributed by atoms with Crippen molar-refractivity contribution < 1.29 is 14.3 Å². The number of ketones is 1. The number of ether oxygens (including phenoxy) is 2. The maximum absolute atomic E-state index is 12.3. The topological polar surface area (TPSA) is 35.5 Å². The maximum Gasteiger partial charge on any atom is 0.157 e. The lowest BCUT2D eigenvalue weighted by atomic mass is 9.55. The number of rotatable bonds is 5. The summed E-state index contributed by atoms with van der Waals surface area (Å²) in [7, 11) is 0. The van der Waals surface area contributed by atoms with Crippen LogP contribution in [-0.4, -0.2) is 31.2 Å². The molecule has 0 amide bonds. The van der Waals surface area contributed by atoms with Gasteiger partial charge in [0.15, 0.2) is 6.29 Å². The van der Waals surface area contributed by atoms with E-state index in [1.165, 1.54) is 0 Å². The number of carbonyl (C=O) groups is 1. The first-order chi connectivity index (χ1) is 9.90. The zero-order valence-corrected chi connectivity index (χ0v) is 14.4. The number of halogens is 1. The lowest BCUT2D eigenvalue weighted by Gasteiger charge is -2.50. The van der Waals surface area contributed by atoms with E-state index in [1.807, 2.05) is 6.92 Å². The average Bonchev–Trinajstić information content (AvgIpc) is 2.49. The van der Waals surface area contributed by atoms with E-state index in [0.717, 1.165) is 45.3 Å². The van der Waals surface area contributed by atoms with Crippen LogP contribution in [0.2, 0.25) is 0 Å². The Hall–Kier alpha value is -0.120. The summed E-state index contributed by atoms with van der Waals surface area (Å²) >= 11 is 6.25. The number of alkyl halides is 1. The van der Waals surface area contributed by atoms with Gasteiger partial charge in [0.1, 0.15) is 5.78 Å². The fourth-order valence-corrected chi connectivity index (χ4v) is 3.90. The van der Waals surface area contributed by atoms with Gasteiger partial charge in [0.05, 0.1) is 13.2 Å². The molecular weight excluding hydrogens is 288 g/mol. The number of Topliss-reactive ketones (excluding diaryl/α,β-unsaturated/α-hetero) is 1. The summed E-state index contributed by atoms with van der Waals surface area (Å²) in [4.78, 5) is 12.3. The quantitative estimate of drug-likeness (QED) is 0.714. The Morgan fingerprint density at radius 2 is 2.00 bits per heavy atom. The molecule has 0 radical (unpaired) electrons. The van der Waals surface area contributed by atoms with E-state index in [9.17, 15) is 4.79 Å². The molecule has 0 aromatic carbocycles. The van der Waals surface area contributed by atoms with Gasteiger partial charge in [0.2, 0.25) is 0 Å². The van der Waals surface area contributed by atoms with Crippen LogP contribution in [0.5, 0.6) is 0 Å². The van der Waals surface area contributed by atoms with Crippen molar-refractivity contribution in [2.75, 3.05) is 19.1 Å². The monoisotopic (exact) mass is 316 g/mol. The van der Waals surface area contributed by atoms with E-state index < -0.39 is 0 Å². The summed E-state index contributed by atoms with van der Waals surface area (Å²) in [6.07, 6.45) is 5.40. The number of hydrogen-bond donors (Lipinski definition) is 0. The molecule has 0 bridgehead atoms. The van der Waals surface area contributed by atoms with Crippen LogP contribution in [0, 0.1) is 16.7 Å². The fraction of sp³-hybridized carbons (Fsp3) is 0.941. The van der Waals surface area contributed by atoms with E-state index in [0.29, 0.717) is 18.1 Å². The van der Waals surface area contributed by atoms with Gasteiger partial charge in [-0.2, -0.15) is 0 Å². The summed E-state index contributed by atoms with van der Waals surface area (Å²) in [5, 5.41) is 0. The molecule has 2 aliphatic rings. The highest BCUT2D eigenvalue weighted by Crippen LogP contribution is 2.53. The molecule has 1 saturated carbocycles. The average molecular weight is 317 g/mol. The Morgan fingerprint density at radius 3 is 2.57 bits per heavy atom. The molecule has 1 saturated heterocycles. The first-order valence-corrected chi connectivity index (χ1v) is 8.75. The third kappa shape index (κ3) is 3.80. The van der Waals surface area contributed by atoms with E-state index in [-0.39, 0.29) is 23.0 Å². The highest BCUT2D eigenvalue weighted by molar-refractivity contribution is 6.18. The van der Waals surface area contributed by atoms with Crippen LogP contribution in [0.25, 0.3) is 0 Å². The molecule has 2 rings (SSSR count). The second-order valence-corrected chi connectivity index (χ2v) is 7.71. The van der Waals surface area contributed by atoms with Gasteiger partial charge in [-0.05, 0) is 42.9 Å². The van der Waals surface area contributed by atoms with Crippen LogP contribution in [-0.2, 0) is 14.3 Å². The van der Waals surface area contributed by atoms with E-state index >= 15 is 0 Å². The van der Waals surface area contributed by atoms with Crippen molar-refractivity contribution in [2.24, 2.45) is 16.7 Å². The smallest absolute Gasteiger partial charge is 0.157 e. The van der Waals surface area contributed by atoms with Gasteiger partial charge in [-0.15, -0.1) is 11.6 Å². The summed E-state index contributed by atoms with van der Waals surface area (Å²) in [6.45, 7) is 8.02. The predicted octanol–water partition coefficient (Wildman–Crippen LogP) is 4.17. The van der Waals surface area contributed by atoms with Crippen LogP contribution in [0.4, 0.5) is 0 Å². The van der Waals surface area contributed by atoms with Crippen LogP contribution in [0.15, 0.2) is 0 Å². The minimum Gasteiger partial charge on any atom is -0.353 e. The van der Waals surface area contributed by atoms with Crippen LogP contribution in [0.1, 0.15) is 59.3 Å². The van der Waals surface area contributed by atoms with Crippen LogP contribution in [0.3, 0.4) is 0 Å². The van der Waals surface area contributed by atoms with Crippen LogP contribution >= 0.6 is 11.6 Å². The van der Waals surface area contributed by atoms with Crippen molar-refractivity contribution in [3.63, 3.8) is 0 Å². The SMILES string of the molecule is CC1CCC(CCC2OCCCO2)(C(C)(C)CCl)CC1=O. The standard InChI is InChI=1S/C17H29ClO3/c1-13-5-7-17(11-14(13)19,16(2,3)12-18)8-6-15-20-9-4-10-21-15/h13,15H,4-12H2,1-3H3. The number of hydrogen-bond acceptors (Lipinski definition) is 3. The zero-order valence-electron chi connectivity index (χ0n) is 13.6. The molecule has 1 aliphatic heterocycles. The van der Waals surface area contributed by atoms with Crippen molar-refractivity contribution >= 4 is 17.4 Å². The third-order valence-corrected chi connectivity index (χ3v) is 6.31. The molecule has 0 spiro atoms. The summed E-state index contributed by atoms with van der Waals surface area (Å²) in [5.41, 5.74) is -0.0540. The summed E-state index contributed by atoms with van der Waals surface area (Å²) in [6, 6.07) is 0. The van der Waals surface area contributed by atoms with E-state index in [4.69, 9.17) is 21.1 Å². The van der Waals surface area contributed by atoms with E-state index in [1.54, 1.807) is 0 Å². The largest absolute Gasteiger partial charge is 0.353 e. The summed E-state index contributed by atoms with van der Waals surface area (Å²) < 4.78 is 11.3. The second kappa shape index (κ2) is 6.97. The van der Waals surface area contributed by atoms with Gasteiger partial charge >= 0.3 is 0 Å². The molecule has 4 heteroatoms. The molecule has 0 N–H and O–H groups in total. The van der Waals surface area contributed by atoms with Gasteiger partial charge < -0.3 is 9.47 Å². The lowest BCUT2D eigenvalue weighted by Crippen LogP contribution is -2.46. The van der Waals surface area contributed by atoms with Crippen LogP contribution < -0.4 is 0 Å². The highest BCUT2D eigenvalue weighted by atomic mass is 35.5.